The molecule has 16 heavy (non-hydrogen) atoms. The van der Waals surface area contributed by atoms with Crippen LogP contribution in [0.25, 0.3) is 0 Å². The molecular weight excluding hydrogens is 218 g/mol. The number of nitrogens with zero attached hydrogens (tertiary/aromatic N) is 1. The minimum atomic E-state index is -2.52. The number of amides is 1. The van der Waals surface area contributed by atoms with Crippen molar-refractivity contribution in [3.63, 3.8) is 0 Å². The Kier molecular flexibility index (Phi) is 8.35. The minimum absolute atomic E-state index is 0.00534. The molecular formula is C10H16F2N2O2. The zero-order chi connectivity index (χ0) is 12.4. The molecule has 0 fully saturated rings. The van der Waals surface area contributed by atoms with Gasteiger partial charge in [-0.3, -0.25) is 4.79 Å². The average Bonchev–Trinajstić information content (AvgIpc) is 2.23. The van der Waals surface area contributed by atoms with Gasteiger partial charge in [0.25, 0.3) is 6.43 Å². The van der Waals surface area contributed by atoms with Crippen LogP contribution in [0.3, 0.4) is 0 Å². The Hall–Kier alpha value is -1.22. The lowest BCUT2D eigenvalue weighted by Crippen LogP contribution is -2.34. The zero-order valence-corrected chi connectivity index (χ0v) is 9.21. The fourth-order valence-electron chi connectivity index (χ4n) is 1.06. The Morgan fingerprint density at radius 2 is 2.25 bits per heavy atom. The van der Waals surface area contributed by atoms with Gasteiger partial charge in [0.15, 0.2) is 0 Å². The number of carbonyl (C=O) groups is 1. The molecule has 0 bridgehead atoms. The molecule has 0 heterocycles. The van der Waals surface area contributed by atoms with Gasteiger partial charge in [-0.1, -0.05) is 13.3 Å². The Bertz CT molecular complexity index is 241. The second kappa shape index (κ2) is 9.04. The maximum absolute atomic E-state index is 11.7. The Morgan fingerprint density at radius 1 is 1.56 bits per heavy atom. The summed E-state index contributed by atoms with van der Waals surface area (Å²) in [6.07, 6.45) is -1.15. The number of carbonyl (C=O) groups excluding carboxylic acids is 1. The van der Waals surface area contributed by atoms with Gasteiger partial charge in [0, 0.05) is 6.42 Å². The van der Waals surface area contributed by atoms with Crippen molar-refractivity contribution in [2.24, 2.45) is 0 Å². The molecule has 4 nitrogen and oxygen atoms in total. The number of hydrogen-bond acceptors (Lipinski definition) is 3. The van der Waals surface area contributed by atoms with E-state index in [0.29, 0.717) is 6.42 Å². The van der Waals surface area contributed by atoms with E-state index < -0.39 is 19.1 Å². The molecule has 1 amide bonds. The number of hydrogen-bond donors (Lipinski definition) is 1. The normalized spacial score (nSPS) is 12.2. The van der Waals surface area contributed by atoms with Crippen molar-refractivity contribution in [2.75, 3.05) is 13.2 Å². The predicted octanol–water partition coefficient (Wildman–Crippen LogP) is 1.47. The highest BCUT2D eigenvalue weighted by atomic mass is 19.3. The first-order valence-electron chi connectivity index (χ1n) is 5.15. The highest BCUT2D eigenvalue weighted by Crippen LogP contribution is 1.97. The third-order valence-corrected chi connectivity index (χ3v) is 1.79. The van der Waals surface area contributed by atoms with Crippen molar-refractivity contribution >= 4 is 5.91 Å². The smallest absolute Gasteiger partial charge is 0.261 e. The maximum atomic E-state index is 11.7. The van der Waals surface area contributed by atoms with Crippen LogP contribution in [0.1, 0.15) is 26.2 Å². The van der Waals surface area contributed by atoms with Crippen LogP contribution in [0.15, 0.2) is 0 Å². The largest absolute Gasteiger partial charge is 0.375 e. The van der Waals surface area contributed by atoms with Gasteiger partial charge in [0.1, 0.15) is 12.6 Å². The van der Waals surface area contributed by atoms with Gasteiger partial charge >= 0.3 is 0 Å². The van der Waals surface area contributed by atoms with E-state index in [-0.39, 0.29) is 18.9 Å². The van der Waals surface area contributed by atoms with E-state index in [0.717, 1.165) is 6.42 Å². The van der Waals surface area contributed by atoms with Gasteiger partial charge in [0.2, 0.25) is 5.91 Å². The SMILES string of the molecule is CCCC(C#N)NC(=O)CCOCC(F)F. The average molecular weight is 234 g/mol. The van der Waals surface area contributed by atoms with Crippen LogP contribution < -0.4 is 5.32 Å². The van der Waals surface area contributed by atoms with Crippen molar-refractivity contribution in [3.8, 4) is 6.07 Å². The van der Waals surface area contributed by atoms with E-state index in [4.69, 9.17) is 5.26 Å². The topological polar surface area (TPSA) is 62.1 Å². The summed E-state index contributed by atoms with van der Waals surface area (Å²) in [4.78, 5) is 11.2. The van der Waals surface area contributed by atoms with E-state index >= 15 is 0 Å². The van der Waals surface area contributed by atoms with Crippen LogP contribution in [0, 0.1) is 11.3 Å². The summed E-state index contributed by atoms with van der Waals surface area (Å²) in [5.74, 6) is -0.353. The molecule has 0 rings (SSSR count). The molecule has 0 aromatic carbocycles. The summed E-state index contributed by atoms with van der Waals surface area (Å²) in [6, 6.07) is 1.44. The van der Waals surface area contributed by atoms with Crippen molar-refractivity contribution in [2.45, 2.75) is 38.7 Å². The van der Waals surface area contributed by atoms with Crippen molar-refractivity contribution < 1.29 is 18.3 Å². The molecule has 0 aliphatic heterocycles. The number of ether oxygens (including phenoxy) is 1. The summed E-state index contributed by atoms with van der Waals surface area (Å²) < 4.78 is 27.9. The van der Waals surface area contributed by atoms with Crippen LogP contribution in [0.5, 0.6) is 0 Å². The van der Waals surface area contributed by atoms with Gasteiger partial charge in [0.05, 0.1) is 12.7 Å². The molecule has 0 spiro atoms. The molecule has 0 aliphatic carbocycles. The van der Waals surface area contributed by atoms with E-state index in [1.54, 1.807) is 0 Å². The summed E-state index contributed by atoms with van der Waals surface area (Å²) in [7, 11) is 0. The summed E-state index contributed by atoms with van der Waals surface area (Å²) >= 11 is 0. The monoisotopic (exact) mass is 234 g/mol. The fraction of sp³-hybridized carbons (Fsp3) is 0.800. The third-order valence-electron chi connectivity index (χ3n) is 1.79. The first-order chi connectivity index (χ1) is 7.60. The summed E-state index contributed by atoms with van der Waals surface area (Å²) in [6.45, 7) is 1.19. The Morgan fingerprint density at radius 3 is 2.75 bits per heavy atom. The van der Waals surface area contributed by atoms with Crippen LogP contribution in [-0.4, -0.2) is 31.6 Å². The Labute approximate surface area is 93.6 Å². The molecule has 1 atom stereocenters. The molecule has 0 aliphatic rings. The molecule has 0 saturated heterocycles. The zero-order valence-electron chi connectivity index (χ0n) is 9.21. The van der Waals surface area contributed by atoms with Crippen LogP contribution >= 0.6 is 0 Å². The molecule has 0 radical (unpaired) electrons. The predicted molar refractivity (Wildman–Crippen MR) is 53.9 cm³/mol. The number of nitriles is 1. The lowest BCUT2D eigenvalue weighted by molar-refractivity contribution is -0.123. The summed E-state index contributed by atoms with van der Waals surface area (Å²) in [5, 5.41) is 11.1. The Balaban J connectivity index is 3.61. The van der Waals surface area contributed by atoms with Gasteiger partial charge in [-0.25, -0.2) is 8.78 Å². The fourth-order valence-corrected chi connectivity index (χ4v) is 1.06. The third kappa shape index (κ3) is 8.12. The van der Waals surface area contributed by atoms with Crippen molar-refractivity contribution in [3.05, 3.63) is 0 Å². The first-order valence-corrected chi connectivity index (χ1v) is 5.15. The summed E-state index contributed by atoms with van der Waals surface area (Å²) in [5.41, 5.74) is 0. The van der Waals surface area contributed by atoms with Crippen LogP contribution in [0.2, 0.25) is 0 Å². The second-order valence-corrected chi connectivity index (χ2v) is 3.25. The molecule has 92 valence electrons. The highest BCUT2D eigenvalue weighted by molar-refractivity contribution is 5.76. The number of nitrogens with one attached hydrogen (secondary N) is 1. The lowest BCUT2D eigenvalue weighted by Gasteiger charge is -2.10. The lowest BCUT2D eigenvalue weighted by atomic mass is 10.2. The minimum Gasteiger partial charge on any atom is -0.375 e. The highest BCUT2D eigenvalue weighted by Gasteiger charge is 2.10. The number of alkyl halides is 2. The standard InChI is InChI=1S/C10H16F2N2O2/c1-2-3-8(6-13)14-10(15)4-5-16-7-9(11)12/h8-9H,2-5,7H2,1H3,(H,14,15). The van der Waals surface area contributed by atoms with Crippen molar-refractivity contribution in [1.29, 1.82) is 5.26 Å². The van der Waals surface area contributed by atoms with Crippen LogP contribution in [-0.2, 0) is 9.53 Å². The van der Waals surface area contributed by atoms with Crippen molar-refractivity contribution in [1.82, 2.24) is 5.32 Å². The van der Waals surface area contributed by atoms with E-state index in [1.165, 1.54) is 0 Å². The quantitative estimate of drug-likeness (QED) is 0.647. The van der Waals surface area contributed by atoms with Gasteiger partial charge < -0.3 is 10.1 Å². The van der Waals surface area contributed by atoms with Gasteiger partial charge in [-0.05, 0) is 6.42 Å². The first kappa shape index (κ1) is 14.8. The maximum Gasteiger partial charge on any atom is 0.261 e. The second-order valence-electron chi connectivity index (χ2n) is 3.25. The van der Waals surface area contributed by atoms with E-state index in [1.807, 2.05) is 13.0 Å². The number of rotatable bonds is 8. The number of halogens is 2. The van der Waals surface area contributed by atoms with Crippen LogP contribution in [0.4, 0.5) is 8.78 Å². The molecule has 0 aromatic rings. The molecule has 0 saturated carbocycles. The molecule has 1 unspecified atom stereocenters. The van der Waals surface area contributed by atoms with Gasteiger partial charge in [-0.15, -0.1) is 0 Å². The molecule has 1 N–H and O–H groups in total. The van der Waals surface area contributed by atoms with E-state index in [2.05, 4.69) is 10.1 Å². The molecule has 6 heteroatoms. The van der Waals surface area contributed by atoms with Gasteiger partial charge in [-0.2, -0.15) is 5.26 Å². The molecule has 0 aromatic heterocycles. The van der Waals surface area contributed by atoms with E-state index in [9.17, 15) is 13.6 Å².